The Morgan fingerprint density at radius 1 is 0.962 bits per heavy atom. The molecule has 2 aromatic rings. The lowest BCUT2D eigenvalue weighted by atomic mass is 9.73. The Morgan fingerprint density at radius 3 is 2.15 bits per heavy atom. The van der Waals surface area contributed by atoms with Gasteiger partial charge in [0.2, 0.25) is 11.3 Å². The van der Waals surface area contributed by atoms with Crippen molar-refractivity contribution in [1.82, 2.24) is 0 Å². The highest BCUT2D eigenvalue weighted by molar-refractivity contribution is 6.15. The number of hydrogen-bond donors (Lipinski definition) is 0. The van der Waals surface area contributed by atoms with Crippen molar-refractivity contribution < 1.29 is 23.9 Å². The molecule has 1 heterocycles. The monoisotopic (exact) mass is 353 g/mol. The van der Waals surface area contributed by atoms with E-state index in [1.807, 2.05) is 30.3 Å². The van der Waals surface area contributed by atoms with E-state index in [1.54, 1.807) is 29.2 Å². The third kappa shape index (κ3) is 2.73. The van der Waals surface area contributed by atoms with Crippen molar-refractivity contribution in [2.75, 3.05) is 19.1 Å². The van der Waals surface area contributed by atoms with Crippen LogP contribution in [0.25, 0.3) is 0 Å². The topological polar surface area (TPSA) is 72.9 Å². The number of nitrogens with zero attached hydrogens (tertiary/aromatic N) is 1. The number of hydrogen-bond acceptors (Lipinski definition) is 5. The molecule has 0 aromatic heterocycles. The molecule has 0 radical (unpaired) electrons. The van der Waals surface area contributed by atoms with E-state index in [0.29, 0.717) is 17.8 Å². The number of methoxy groups -OCH3 is 2. The third-order valence-electron chi connectivity index (χ3n) is 4.62. The average molecular weight is 353 g/mol. The fraction of sp³-hybridized carbons (Fsp3) is 0.250. The van der Waals surface area contributed by atoms with E-state index >= 15 is 0 Å². The van der Waals surface area contributed by atoms with E-state index in [9.17, 15) is 14.4 Å². The molecule has 0 fully saturated rings. The van der Waals surface area contributed by atoms with Crippen LogP contribution in [0.5, 0.6) is 0 Å². The van der Waals surface area contributed by atoms with Gasteiger partial charge in [0.05, 0.1) is 27.2 Å². The lowest BCUT2D eigenvalue weighted by molar-refractivity contribution is -0.164. The predicted molar refractivity (Wildman–Crippen MR) is 94.4 cm³/mol. The van der Waals surface area contributed by atoms with Gasteiger partial charge in [0.25, 0.3) is 0 Å². The first-order chi connectivity index (χ1) is 12.5. The summed E-state index contributed by atoms with van der Waals surface area (Å²) < 4.78 is 9.73. The summed E-state index contributed by atoms with van der Waals surface area (Å²) in [5.74, 6) is -1.95. The number of anilines is 1. The Labute approximate surface area is 151 Å². The van der Waals surface area contributed by atoms with Gasteiger partial charge >= 0.3 is 11.9 Å². The molecule has 0 N–H and O–H groups in total. The van der Waals surface area contributed by atoms with Gasteiger partial charge in [-0.2, -0.15) is 0 Å². The first kappa shape index (κ1) is 17.7. The summed E-state index contributed by atoms with van der Waals surface area (Å²) in [4.78, 5) is 39.6. The fourth-order valence-electron chi connectivity index (χ4n) is 3.36. The minimum absolute atomic E-state index is 0.337. The summed E-state index contributed by atoms with van der Waals surface area (Å²) >= 11 is 0. The van der Waals surface area contributed by atoms with Crippen molar-refractivity contribution in [1.29, 1.82) is 0 Å². The summed E-state index contributed by atoms with van der Waals surface area (Å²) in [5.41, 5.74) is 0.0709. The lowest BCUT2D eigenvalue weighted by Crippen LogP contribution is -2.53. The Bertz CT molecular complexity index is 830. The predicted octanol–water partition coefficient (Wildman–Crippen LogP) is 2.21. The molecule has 0 saturated carbocycles. The second kappa shape index (κ2) is 7.00. The van der Waals surface area contributed by atoms with Crippen LogP contribution < -0.4 is 4.90 Å². The van der Waals surface area contributed by atoms with E-state index in [4.69, 9.17) is 9.47 Å². The van der Waals surface area contributed by atoms with Crippen molar-refractivity contribution in [3.8, 4) is 0 Å². The van der Waals surface area contributed by atoms with Gasteiger partial charge in [-0.05, 0) is 11.6 Å². The SMILES string of the molecule is COC(=O)C1(C(=O)OC)CC(=O)N(Cc2ccccc2)c2ccccc21. The summed E-state index contributed by atoms with van der Waals surface area (Å²) in [5, 5.41) is 0. The van der Waals surface area contributed by atoms with Crippen molar-refractivity contribution in [2.24, 2.45) is 0 Å². The Balaban J connectivity index is 2.14. The molecule has 26 heavy (non-hydrogen) atoms. The maximum Gasteiger partial charge on any atom is 0.328 e. The minimum Gasteiger partial charge on any atom is -0.468 e. The second-order valence-corrected chi connectivity index (χ2v) is 6.05. The third-order valence-corrected chi connectivity index (χ3v) is 4.62. The quantitative estimate of drug-likeness (QED) is 0.622. The van der Waals surface area contributed by atoms with E-state index < -0.39 is 17.4 Å². The molecule has 1 amide bonds. The van der Waals surface area contributed by atoms with Crippen LogP contribution in [0.1, 0.15) is 17.5 Å². The average Bonchev–Trinajstić information content (AvgIpc) is 2.69. The lowest BCUT2D eigenvalue weighted by Gasteiger charge is -2.39. The van der Waals surface area contributed by atoms with E-state index in [-0.39, 0.29) is 12.3 Å². The molecule has 6 nitrogen and oxygen atoms in total. The molecule has 0 aliphatic carbocycles. The highest BCUT2D eigenvalue weighted by Crippen LogP contribution is 2.43. The Morgan fingerprint density at radius 2 is 1.54 bits per heavy atom. The Hall–Kier alpha value is -3.15. The Kier molecular flexibility index (Phi) is 4.75. The molecule has 2 aromatic carbocycles. The van der Waals surface area contributed by atoms with Crippen LogP contribution in [-0.4, -0.2) is 32.1 Å². The maximum absolute atomic E-state index is 12.9. The molecule has 0 bridgehead atoms. The van der Waals surface area contributed by atoms with E-state index in [2.05, 4.69) is 0 Å². The zero-order chi connectivity index (χ0) is 18.7. The van der Waals surface area contributed by atoms with E-state index in [1.165, 1.54) is 14.2 Å². The number of rotatable bonds is 4. The molecule has 0 spiro atoms. The molecular formula is C20H19NO5. The molecule has 1 aliphatic rings. The molecule has 3 rings (SSSR count). The van der Waals surface area contributed by atoms with Gasteiger partial charge in [-0.25, -0.2) is 0 Å². The van der Waals surface area contributed by atoms with Gasteiger partial charge in [-0.3, -0.25) is 14.4 Å². The number of esters is 2. The van der Waals surface area contributed by atoms with Gasteiger partial charge in [0, 0.05) is 11.3 Å². The number of ether oxygens (including phenoxy) is 2. The first-order valence-corrected chi connectivity index (χ1v) is 8.15. The summed E-state index contributed by atoms with van der Waals surface area (Å²) in [6.07, 6.45) is -0.337. The first-order valence-electron chi connectivity index (χ1n) is 8.15. The number of para-hydroxylation sites is 1. The number of benzene rings is 2. The minimum atomic E-state index is -1.79. The molecule has 1 aliphatic heterocycles. The van der Waals surface area contributed by atoms with Crippen LogP contribution in [0, 0.1) is 0 Å². The standard InChI is InChI=1S/C20H19NO5/c1-25-18(23)20(19(24)26-2)12-17(22)21(13-14-8-4-3-5-9-14)16-11-7-6-10-15(16)20/h3-11H,12-13H2,1-2H3. The molecule has 0 atom stereocenters. The number of amides is 1. The van der Waals surface area contributed by atoms with Crippen molar-refractivity contribution in [3.63, 3.8) is 0 Å². The van der Waals surface area contributed by atoms with Crippen LogP contribution in [0.3, 0.4) is 0 Å². The van der Waals surface area contributed by atoms with Crippen LogP contribution >= 0.6 is 0 Å². The highest BCUT2D eigenvalue weighted by atomic mass is 16.5. The number of carbonyl (C=O) groups excluding carboxylic acids is 3. The number of carbonyl (C=O) groups is 3. The summed E-state index contributed by atoms with van der Waals surface area (Å²) in [6.45, 7) is 0.342. The fourth-order valence-corrected chi connectivity index (χ4v) is 3.36. The number of fused-ring (bicyclic) bond motifs is 1. The van der Waals surface area contributed by atoms with Gasteiger partial charge in [0.15, 0.2) is 0 Å². The van der Waals surface area contributed by atoms with Gasteiger partial charge in [0.1, 0.15) is 0 Å². The van der Waals surface area contributed by atoms with Crippen LogP contribution in [0.15, 0.2) is 54.6 Å². The van der Waals surface area contributed by atoms with Crippen LogP contribution in [0.2, 0.25) is 0 Å². The zero-order valence-corrected chi connectivity index (χ0v) is 14.6. The van der Waals surface area contributed by atoms with Crippen molar-refractivity contribution in [3.05, 3.63) is 65.7 Å². The highest BCUT2D eigenvalue weighted by Gasteiger charge is 2.56. The second-order valence-electron chi connectivity index (χ2n) is 6.05. The van der Waals surface area contributed by atoms with Crippen molar-refractivity contribution in [2.45, 2.75) is 18.4 Å². The summed E-state index contributed by atoms with van der Waals surface area (Å²) in [6, 6.07) is 16.4. The van der Waals surface area contributed by atoms with Gasteiger partial charge in [-0.1, -0.05) is 48.5 Å². The summed E-state index contributed by atoms with van der Waals surface area (Å²) in [7, 11) is 2.38. The molecule has 6 heteroatoms. The largest absolute Gasteiger partial charge is 0.468 e. The van der Waals surface area contributed by atoms with Crippen molar-refractivity contribution >= 4 is 23.5 Å². The zero-order valence-electron chi connectivity index (χ0n) is 14.6. The normalized spacial score (nSPS) is 15.2. The molecule has 0 unspecified atom stereocenters. The molecule has 134 valence electrons. The van der Waals surface area contributed by atoms with Crippen LogP contribution in [0.4, 0.5) is 5.69 Å². The smallest absolute Gasteiger partial charge is 0.328 e. The van der Waals surface area contributed by atoms with Crippen LogP contribution in [-0.2, 0) is 35.8 Å². The van der Waals surface area contributed by atoms with Gasteiger partial charge in [-0.15, -0.1) is 0 Å². The van der Waals surface area contributed by atoms with E-state index in [0.717, 1.165) is 5.56 Å². The maximum atomic E-state index is 12.9. The molecular weight excluding hydrogens is 334 g/mol. The molecule has 0 saturated heterocycles. The van der Waals surface area contributed by atoms with Gasteiger partial charge < -0.3 is 14.4 Å².